The third-order valence-electron chi connectivity index (χ3n) is 5.85. The van der Waals surface area contributed by atoms with Crippen LogP contribution in [0.15, 0.2) is 29.2 Å². The first-order valence-corrected chi connectivity index (χ1v) is 12.5. The zero-order valence-electron chi connectivity index (χ0n) is 19.2. The van der Waals surface area contributed by atoms with E-state index in [2.05, 4.69) is 44.5 Å². The van der Waals surface area contributed by atoms with Gasteiger partial charge in [0.25, 0.3) is 10.0 Å². The standard InChI is InChI=1S/C22H28ClF3N4O2S/c1-13(2)30(14(3)4)22(5)9-10-29(12-22)16-11-15(24)21(20(26)19(16)23)33(31,32)28-18-8-6-7-17(25)27-18/h6-8,11,13-14H,9-10,12H2,1-5H3,(H,27,28)/t22-/m1/s1. The quantitative estimate of drug-likeness (QED) is 0.422. The zero-order chi connectivity index (χ0) is 24.7. The Kier molecular flexibility index (Phi) is 7.21. The molecule has 0 amide bonds. The minimum atomic E-state index is -4.75. The van der Waals surface area contributed by atoms with E-state index < -0.39 is 43.3 Å². The van der Waals surface area contributed by atoms with Crippen LogP contribution < -0.4 is 9.62 Å². The Morgan fingerprint density at radius 3 is 2.39 bits per heavy atom. The van der Waals surface area contributed by atoms with E-state index in [-0.39, 0.29) is 23.3 Å². The molecule has 1 aliphatic heterocycles. The molecule has 0 aliphatic carbocycles. The molecule has 1 aliphatic rings. The first kappa shape index (κ1) is 25.6. The number of rotatable bonds is 7. The third kappa shape index (κ3) is 5.07. The number of pyridine rings is 1. The van der Waals surface area contributed by atoms with Crippen LogP contribution in [0.3, 0.4) is 0 Å². The molecular formula is C22H28ClF3N4O2S. The van der Waals surface area contributed by atoms with Crippen molar-refractivity contribution in [2.45, 2.75) is 63.6 Å². The summed E-state index contributed by atoms with van der Waals surface area (Å²) in [7, 11) is -4.75. The lowest BCUT2D eigenvalue weighted by atomic mass is 9.95. The number of aromatic nitrogens is 1. The number of halogens is 4. The van der Waals surface area contributed by atoms with Gasteiger partial charge in [0.05, 0.1) is 5.69 Å². The maximum Gasteiger partial charge on any atom is 0.268 e. The SMILES string of the molecule is CC(C)N(C(C)C)[C@]1(C)CCN(c2cc(F)c(S(=O)(=O)Nc3cccc(F)n3)c(F)c2Cl)C1. The summed E-state index contributed by atoms with van der Waals surface area (Å²) in [4.78, 5) is 6.24. The van der Waals surface area contributed by atoms with Gasteiger partial charge < -0.3 is 4.90 Å². The Bertz CT molecular complexity index is 1140. The van der Waals surface area contributed by atoms with Crippen LogP contribution in [0, 0.1) is 17.6 Å². The van der Waals surface area contributed by atoms with E-state index in [4.69, 9.17) is 11.6 Å². The first-order chi connectivity index (χ1) is 15.3. The van der Waals surface area contributed by atoms with Gasteiger partial charge in [-0.3, -0.25) is 9.62 Å². The summed E-state index contributed by atoms with van der Waals surface area (Å²) < 4.78 is 70.6. The van der Waals surface area contributed by atoms with Gasteiger partial charge in [0.15, 0.2) is 10.7 Å². The van der Waals surface area contributed by atoms with Gasteiger partial charge in [-0.25, -0.2) is 22.2 Å². The number of benzene rings is 1. The molecule has 33 heavy (non-hydrogen) atoms. The molecule has 2 aromatic rings. The smallest absolute Gasteiger partial charge is 0.268 e. The fourth-order valence-corrected chi connectivity index (χ4v) is 6.37. The topological polar surface area (TPSA) is 65.5 Å². The highest BCUT2D eigenvalue weighted by Crippen LogP contribution is 2.40. The number of hydrogen-bond donors (Lipinski definition) is 1. The minimum Gasteiger partial charge on any atom is -0.368 e. The molecule has 0 unspecified atom stereocenters. The van der Waals surface area contributed by atoms with Crippen LogP contribution in [0.5, 0.6) is 0 Å². The zero-order valence-corrected chi connectivity index (χ0v) is 20.7. The molecule has 1 N–H and O–H groups in total. The summed E-state index contributed by atoms with van der Waals surface area (Å²) in [6.07, 6.45) is 0.746. The first-order valence-electron chi connectivity index (χ1n) is 10.6. The average molecular weight is 505 g/mol. The molecular weight excluding hydrogens is 477 g/mol. The maximum atomic E-state index is 15.1. The van der Waals surface area contributed by atoms with E-state index in [0.717, 1.165) is 24.6 Å². The minimum absolute atomic E-state index is 0.0886. The fraction of sp³-hybridized carbons (Fsp3) is 0.500. The van der Waals surface area contributed by atoms with Crippen molar-refractivity contribution >= 4 is 33.1 Å². The van der Waals surface area contributed by atoms with E-state index in [1.54, 1.807) is 4.90 Å². The van der Waals surface area contributed by atoms with Crippen LogP contribution in [0.25, 0.3) is 0 Å². The van der Waals surface area contributed by atoms with Crippen LogP contribution in [0.2, 0.25) is 5.02 Å². The van der Waals surface area contributed by atoms with Crippen LogP contribution in [0.4, 0.5) is 24.7 Å². The van der Waals surface area contributed by atoms with E-state index in [1.807, 2.05) is 4.72 Å². The molecule has 2 heterocycles. The molecule has 182 valence electrons. The number of anilines is 2. The van der Waals surface area contributed by atoms with Gasteiger partial charge in [-0.05, 0) is 53.2 Å². The summed E-state index contributed by atoms with van der Waals surface area (Å²) in [6, 6.07) is 4.83. The van der Waals surface area contributed by atoms with E-state index >= 15 is 4.39 Å². The van der Waals surface area contributed by atoms with Gasteiger partial charge in [0.1, 0.15) is 16.7 Å². The van der Waals surface area contributed by atoms with Crippen LogP contribution in [0.1, 0.15) is 41.0 Å². The van der Waals surface area contributed by atoms with Crippen LogP contribution in [-0.2, 0) is 10.0 Å². The Morgan fingerprint density at radius 2 is 1.82 bits per heavy atom. The highest BCUT2D eigenvalue weighted by Gasteiger charge is 2.42. The van der Waals surface area contributed by atoms with Crippen molar-refractivity contribution in [2.24, 2.45) is 0 Å². The van der Waals surface area contributed by atoms with Gasteiger partial charge in [0, 0.05) is 36.8 Å². The van der Waals surface area contributed by atoms with Crippen molar-refractivity contribution in [2.75, 3.05) is 22.7 Å². The maximum absolute atomic E-state index is 15.1. The molecule has 11 heteroatoms. The lowest BCUT2D eigenvalue weighted by molar-refractivity contribution is 0.0529. The average Bonchev–Trinajstić information content (AvgIpc) is 3.05. The number of nitrogens with one attached hydrogen (secondary N) is 1. The van der Waals surface area contributed by atoms with Crippen LogP contribution >= 0.6 is 11.6 Å². The summed E-state index contributed by atoms with van der Waals surface area (Å²) in [5, 5.41) is -0.492. The van der Waals surface area contributed by atoms with Crippen molar-refractivity contribution in [3.63, 3.8) is 0 Å². The molecule has 0 bridgehead atoms. The van der Waals surface area contributed by atoms with Gasteiger partial charge in [0.2, 0.25) is 5.95 Å². The second-order valence-corrected chi connectivity index (χ2v) is 11.0. The lowest BCUT2D eigenvalue weighted by Crippen LogP contribution is -2.54. The van der Waals surface area contributed by atoms with Crippen molar-refractivity contribution in [1.82, 2.24) is 9.88 Å². The van der Waals surface area contributed by atoms with Gasteiger partial charge >= 0.3 is 0 Å². The molecule has 1 saturated heterocycles. The third-order valence-corrected chi connectivity index (χ3v) is 7.60. The van der Waals surface area contributed by atoms with E-state index in [0.29, 0.717) is 13.1 Å². The molecule has 1 atom stereocenters. The molecule has 6 nitrogen and oxygen atoms in total. The number of nitrogens with zero attached hydrogens (tertiary/aromatic N) is 3. The second-order valence-electron chi connectivity index (χ2n) is 9.05. The predicted molar refractivity (Wildman–Crippen MR) is 124 cm³/mol. The van der Waals surface area contributed by atoms with Crippen LogP contribution in [-0.4, -0.2) is 49.0 Å². The molecule has 3 rings (SSSR count). The molecule has 1 aromatic heterocycles. The highest BCUT2D eigenvalue weighted by molar-refractivity contribution is 7.92. The molecule has 0 saturated carbocycles. The monoisotopic (exact) mass is 504 g/mol. The van der Waals surface area contributed by atoms with Crippen molar-refractivity contribution < 1.29 is 21.6 Å². The number of hydrogen-bond acceptors (Lipinski definition) is 5. The van der Waals surface area contributed by atoms with E-state index in [9.17, 15) is 17.2 Å². The fourth-order valence-electron chi connectivity index (χ4n) is 4.90. The normalized spacial score (nSPS) is 19.2. The van der Waals surface area contributed by atoms with Crippen molar-refractivity contribution in [1.29, 1.82) is 0 Å². The van der Waals surface area contributed by atoms with Crippen molar-refractivity contribution in [3.8, 4) is 0 Å². The summed E-state index contributed by atoms with van der Waals surface area (Å²) in [5.41, 5.74) is -0.167. The summed E-state index contributed by atoms with van der Waals surface area (Å²) in [5.74, 6) is -4.06. The summed E-state index contributed by atoms with van der Waals surface area (Å²) >= 11 is 6.22. The highest BCUT2D eigenvalue weighted by atomic mass is 35.5. The van der Waals surface area contributed by atoms with Crippen molar-refractivity contribution in [3.05, 3.63) is 46.9 Å². The molecule has 1 fully saturated rings. The largest absolute Gasteiger partial charge is 0.368 e. The molecule has 0 spiro atoms. The Hall–Kier alpha value is -2.04. The predicted octanol–water partition coefficient (Wildman–Crippen LogP) is 5.04. The second kappa shape index (κ2) is 9.31. The van der Waals surface area contributed by atoms with E-state index in [1.165, 1.54) is 6.07 Å². The molecule has 0 radical (unpaired) electrons. The van der Waals surface area contributed by atoms with Gasteiger partial charge in [-0.2, -0.15) is 4.39 Å². The molecule has 1 aromatic carbocycles. The summed E-state index contributed by atoms with van der Waals surface area (Å²) in [6.45, 7) is 11.5. The number of sulfonamides is 1. The Balaban J connectivity index is 1.95. The Morgan fingerprint density at radius 1 is 1.18 bits per heavy atom. The van der Waals surface area contributed by atoms with Gasteiger partial charge in [-0.15, -0.1) is 0 Å². The van der Waals surface area contributed by atoms with Gasteiger partial charge in [-0.1, -0.05) is 17.7 Å². The lowest BCUT2D eigenvalue weighted by Gasteiger charge is -2.44. The Labute approximate surface area is 197 Å².